The van der Waals surface area contributed by atoms with Crippen LogP contribution < -0.4 is 15.4 Å². The summed E-state index contributed by atoms with van der Waals surface area (Å²) in [5, 5.41) is 6.02. The van der Waals surface area contributed by atoms with Gasteiger partial charge < -0.3 is 15.4 Å². The Hall–Kier alpha value is -2.61. The molecule has 146 valence electrons. The average molecular weight is 393 g/mol. The first-order chi connectivity index (χ1) is 12.9. The molecule has 2 rings (SSSR count). The van der Waals surface area contributed by atoms with Gasteiger partial charge in [0.15, 0.2) is 15.8 Å². The lowest BCUT2D eigenvalue weighted by molar-refractivity contribution is 0.223. The summed E-state index contributed by atoms with van der Waals surface area (Å²) >= 11 is 0. The number of hydrogen-bond donors (Lipinski definition) is 2. The maximum atomic E-state index is 13.2. The second kappa shape index (κ2) is 9.91. The van der Waals surface area contributed by atoms with Crippen LogP contribution in [0.2, 0.25) is 0 Å². The molecule has 0 aliphatic carbocycles. The molecule has 0 aliphatic heterocycles. The highest BCUT2D eigenvalue weighted by Gasteiger charge is 2.14. The first-order valence-electron chi connectivity index (χ1n) is 8.55. The van der Waals surface area contributed by atoms with Crippen LogP contribution >= 0.6 is 0 Å². The van der Waals surface area contributed by atoms with Crippen molar-refractivity contribution in [2.75, 3.05) is 25.9 Å². The highest BCUT2D eigenvalue weighted by Crippen LogP contribution is 2.13. The number of benzene rings is 2. The Morgan fingerprint density at radius 3 is 2.56 bits per heavy atom. The van der Waals surface area contributed by atoms with Crippen molar-refractivity contribution in [3.8, 4) is 5.75 Å². The molecule has 0 aliphatic rings. The van der Waals surface area contributed by atoms with Crippen LogP contribution in [0.1, 0.15) is 6.92 Å². The second-order valence-electron chi connectivity index (χ2n) is 5.90. The third-order valence-corrected chi connectivity index (χ3v) is 5.41. The Bertz CT molecular complexity index is 858. The molecule has 0 aromatic heterocycles. The van der Waals surface area contributed by atoms with E-state index in [1.165, 1.54) is 12.1 Å². The normalized spacial score (nSPS) is 13.1. The predicted octanol–water partition coefficient (Wildman–Crippen LogP) is 2.23. The van der Waals surface area contributed by atoms with Crippen molar-refractivity contribution in [1.82, 2.24) is 10.6 Å². The van der Waals surface area contributed by atoms with E-state index >= 15 is 0 Å². The van der Waals surface area contributed by atoms with Crippen LogP contribution in [0, 0.1) is 5.82 Å². The van der Waals surface area contributed by atoms with Crippen LogP contribution in [0.3, 0.4) is 0 Å². The summed E-state index contributed by atoms with van der Waals surface area (Å²) in [6.07, 6.45) is -0.238. The third-order valence-electron chi connectivity index (χ3n) is 3.68. The highest BCUT2D eigenvalue weighted by molar-refractivity contribution is 7.91. The van der Waals surface area contributed by atoms with Crippen LogP contribution in [0.5, 0.6) is 5.75 Å². The van der Waals surface area contributed by atoms with Crippen molar-refractivity contribution in [3.05, 3.63) is 60.4 Å². The summed E-state index contributed by atoms with van der Waals surface area (Å²) in [6, 6.07) is 14.3. The molecule has 6 nitrogen and oxygen atoms in total. The van der Waals surface area contributed by atoms with Crippen molar-refractivity contribution >= 4 is 15.8 Å². The average Bonchev–Trinajstić information content (AvgIpc) is 2.65. The van der Waals surface area contributed by atoms with Crippen molar-refractivity contribution in [2.24, 2.45) is 4.99 Å². The molecule has 0 amide bonds. The molecule has 0 spiro atoms. The fraction of sp³-hybridized carbons (Fsp3) is 0.316. The quantitative estimate of drug-likeness (QED) is 0.531. The minimum absolute atomic E-state index is 0.0486. The Morgan fingerprint density at radius 1 is 1.15 bits per heavy atom. The maximum Gasteiger partial charge on any atom is 0.191 e. The van der Waals surface area contributed by atoms with Gasteiger partial charge in [0, 0.05) is 19.7 Å². The van der Waals surface area contributed by atoms with E-state index in [0.717, 1.165) is 0 Å². The molecule has 0 radical (unpaired) electrons. The molecule has 0 saturated heterocycles. The van der Waals surface area contributed by atoms with Crippen molar-refractivity contribution < 1.29 is 17.5 Å². The Balaban J connectivity index is 1.77. The zero-order chi connectivity index (χ0) is 19.7. The molecule has 1 atom stereocenters. The number of nitrogens with one attached hydrogen (secondary N) is 2. The van der Waals surface area contributed by atoms with Crippen LogP contribution in [0.25, 0.3) is 0 Å². The van der Waals surface area contributed by atoms with Crippen molar-refractivity contribution in [1.29, 1.82) is 0 Å². The van der Waals surface area contributed by atoms with E-state index in [1.807, 2.05) is 6.92 Å². The fourth-order valence-electron chi connectivity index (χ4n) is 2.32. The van der Waals surface area contributed by atoms with E-state index < -0.39 is 9.84 Å². The number of aliphatic imine (C=N–C) groups is 1. The van der Waals surface area contributed by atoms with E-state index in [0.29, 0.717) is 23.1 Å². The molecule has 0 bridgehead atoms. The summed E-state index contributed by atoms with van der Waals surface area (Å²) in [7, 11) is -1.75. The second-order valence-corrected chi connectivity index (χ2v) is 8.01. The molecule has 2 N–H and O–H groups in total. The predicted molar refractivity (Wildman–Crippen MR) is 104 cm³/mol. The monoisotopic (exact) mass is 393 g/mol. The largest absolute Gasteiger partial charge is 0.489 e. The molecule has 2 aromatic carbocycles. The van der Waals surface area contributed by atoms with Gasteiger partial charge in [-0.3, -0.25) is 4.99 Å². The molecule has 27 heavy (non-hydrogen) atoms. The molecular weight excluding hydrogens is 369 g/mol. The zero-order valence-electron chi connectivity index (χ0n) is 15.4. The van der Waals surface area contributed by atoms with Crippen LogP contribution in [-0.4, -0.2) is 46.4 Å². The summed E-state index contributed by atoms with van der Waals surface area (Å²) in [4.78, 5) is 4.36. The highest BCUT2D eigenvalue weighted by atomic mass is 32.2. The van der Waals surface area contributed by atoms with Gasteiger partial charge >= 0.3 is 0 Å². The van der Waals surface area contributed by atoms with E-state index in [1.54, 1.807) is 49.5 Å². The maximum absolute atomic E-state index is 13.2. The SMILES string of the molecule is CN=C(NCCS(=O)(=O)c1ccccc1)NCC(C)Oc1cccc(F)c1. The van der Waals surface area contributed by atoms with Crippen molar-refractivity contribution in [2.45, 2.75) is 17.9 Å². The number of hydrogen-bond acceptors (Lipinski definition) is 4. The van der Waals surface area contributed by atoms with Gasteiger partial charge in [0.25, 0.3) is 0 Å². The summed E-state index contributed by atoms with van der Waals surface area (Å²) in [5.74, 6) is 0.506. The van der Waals surface area contributed by atoms with Gasteiger partial charge in [-0.1, -0.05) is 24.3 Å². The number of sulfone groups is 1. The lowest BCUT2D eigenvalue weighted by Crippen LogP contribution is -2.43. The number of halogens is 1. The fourth-order valence-corrected chi connectivity index (χ4v) is 3.50. The summed E-state index contributed by atoms with van der Waals surface area (Å²) in [6.45, 7) is 2.47. The number of rotatable bonds is 8. The Labute approximate surface area is 159 Å². The van der Waals surface area contributed by atoms with Gasteiger partial charge in [-0.25, -0.2) is 12.8 Å². The van der Waals surface area contributed by atoms with E-state index in [2.05, 4.69) is 15.6 Å². The van der Waals surface area contributed by atoms with E-state index in [4.69, 9.17) is 4.74 Å². The zero-order valence-corrected chi connectivity index (χ0v) is 16.2. The van der Waals surface area contributed by atoms with Gasteiger partial charge in [0.05, 0.1) is 17.2 Å². The Kier molecular flexibility index (Phi) is 7.60. The van der Waals surface area contributed by atoms with Gasteiger partial charge in [-0.05, 0) is 31.2 Å². The number of ether oxygens (including phenoxy) is 1. The minimum Gasteiger partial charge on any atom is -0.489 e. The topological polar surface area (TPSA) is 79.8 Å². The smallest absolute Gasteiger partial charge is 0.191 e. The molecule has 2 aromatic rings. The number of nitrogens with zero attached hydrogens (tertiary/aromatic N) is 1. The lowest BCUT2D eigenvalue weighted by Gasteiger charge is -2.17. The van der Waals surface area contributed by atoms with E-state index in [-0.39, 0.29) is 24.2 Å². The van der Waals surface area contributed by atoms with Crippen molar-refractivity contribution in [3.63, 3.8) is 0 Å². The lowest BCUT2D eigenvalue weighted by atomic mass is 10.3. The van der Waals surface area contributed by atoms with Crippen LogP contribution in [-0.2, 0) is 9.84 Å². The first kappa shape index (κ1) is 20.7. The standard InChI is InChI=1S/C19H24FN3O3S/c1-15(26-17-8-6-7-16(20)13-17)14-23-19(21-2)22-11-12-27(24,25)18-9-4-3-5-10-18/h3-10,13,15H,11-12,14H2,1-2H3,(H2,21,22,23). The molecule has 8 heteroatoms. The van der Waals surface area contributed by atoms with Gasteiger partial charge in [-0.15, -0.1) is 0 Å². The first-order valence-corrected chi connectivity index (χ1v) is 10.2. The summed E-state index contributed by atoms with van der Waals surface area (Å²) in [5.41, 5.74) is 0. The molecule has 0 fully saturated rings. The molecule has 0 saturated carbocycles. The minimum atomic E-state index is -3.35. The number of guanidine groups is 1. The van der Waals surface area contributed by atoms with Crippen LogP contribution in [0.15, 0.2) is 64.5 Å². The van der Waals surface area contributed by atoms with Gasteiger partial charge in [0.1, 0.15) is 17.7 Å². The molecule has 1 unspecified atom stereocenters. The Morgan fingerprint density at radius 2 is 1.89 bits per heavy atom. The summed E-state index contributed by atoms with van der Waals surface area (Å²) < 4.78 is 43.3. The van der Waals surface area contributed by atoms with Crippen LogP contribution in [0.4, 0.5) is 4.39 Å². The third kappa shape index (κ3) is 6.90. The molecule has 0 heterocycles. The molecular formula is C19H24FN3O3S. The van der Waals surface area contributed by atoms with Gasteiger partial charge in [-0.2, -0.15) is 0 Å². The van der Waals surface area contributed by atoms with E-state index in [9.17, 15) is 12.8 Å². The van der Waals surface area contributed by atoms with Gasteiger partial charge in [0.2, 0.25) is 0 Å².